The van der Waals surface area contributed by atoms with Crippen LogP contribution in [0, 0.1) is 20.8 Å². The van der Waals surface area contributed by atoms with E-state index in [-0.39, 0.29) is 18.0 Å². The third-order valence-corrected chi connectivity index (χ3v) is 10.8. The smallest absolute Gasteiger partial charge is 0.253 e. The van der Waals surface area contributed by atoms with E-state index in [0.717, 1.165) is 108 Å². The molecule has 1 aromatic heterocycles. The summed E-state index contributed by atoms with van der Waals surface area (Å²) in [6.45, 7) is 10.6. The van der Waals surface area contributed by atoms with Crippen LogP contribution >= 0.6 is 11.8 Å². The normalized spacial score (nSPS) is 16.6. The van der Waals surface area contributed by atoms with Gasteiger partial charge >= 0.3 is 0 Å². The van der Waals surface area contributed by atoms with E-state index in [4.69, 9.17) is 0 Å². The summed E-state index contributed by atoms with van der Waals surface area (Å²) in [5.74, 6) is 2.07. The van der Waals surface area contributed by atoms with Gasteiger partial charge in [-0.05, 0) is 130 Å². The van der Waals surface area contributed by atoms with Crippen molar-refractivity contribution in [2.45, 2.75) is 71.4 Å². The highest BCUT2D eigenvalue weighted by molar-refractivity contribution is 7.99. The van der Waals surface area contributed by atoms with Crippen molar-refractivity contribution in [2.24, 2.45) is 0 Å². The highest BCUT2D eigenvalue weighted by atomic mass is 32.2. The Hall–Kier alpha value is -3.56. The Bertz CT molecular complexity index is 1600. The quantitative estimate of drug-likeness (QED) is 0.220. The average Bonchev–Trinajstić information content (AvgIpc) is 3.05. The largest absolute Gasteiger partial charge is 0.388 e. The van der Waals surface area contributed by atoms with Crippen LogP contribution in [-0.2, 0) is 16.8 Å². The lowest BCUT2D eigenvalue weighted by Gasteiger charge is -2.37. The van der Waals surface area contributed by atoms with E-state index >= 15 is 0 Å². The van der Waals surface area contributed by atoms with Gasteiger partial charge in [0.05, 0.1) is 5.41 Å². The molecule has 5 rings (SSSR count). The zero-order valence-corrected chi connectivity index (χ0v) is 28.1. The number of thioether (sulfide) groups is 1. The number of benzene rings is 2. The van der Waals surface area contributed by atoms with Gasteiger partial charge in [0.1, 0.15) is 6.29 Å². The minimum atomic E-state index is -0.518. The van der Waals surface area contributed by atoms with Crippen LogP contribution in [0.1, 0.15) is 70.9 Å². The lowest BCUT2D eigenvalue weighted by Crippen LogP contribution is -2.41. The van der Waals surface area contributed by atoms with Gasteiger partial charge < -0.3 is 30.6 Å². The number of nitrogens with zero attached hydrogens (tertiary/aromatic N) is 1. The van der Waals surface area contributed by atoms with Crippen LogP contribution in [0.4, 0.5) is 11.4 Å². The number of carbonyl (C=O) groups is 2. The molecule has 0 saturated carbocycles. The molecule has 45 heavy (non-hydrogen) atoms. The van der Waals surface area contributed by atoms with Crippen LogP contribution < -0.4 is 26.4 Å². The van der Waals surface area contributed by atoms with Gasteiger partial charge in [0, 0.05) is 54.4 Å². The maximum atomic E-state index is 13.9. The number of piperidine rings is 1. The first-order chi connectivity index (χ1) is 21.7. The number of rotatable bonds is 10. The first kappa shape index (κ1) is 32.8. The Morgan fingerprint density at radius 3 is 2.44 bits per heavy atom. The van der Waals surface area contributed by atoms with Crippen LogP contribution in [-0.4, -0.2) is 61.4 Å². The van der Waals surface area contributed by atoms with Crippen molar-refractivity contribution in [1.82, 2.24) is 15.6 Å². The molecule has 2 aromatic carbocycles. The maximum Gasteiger partial charge on any atom is 0.253 e. The number of hydrogen-bond acceptors (Lipinski definition) is 7. The Kier molecular flexibility index (Phi) is 10.4. The number of anilines is 2. The number of aromatic amines is 1. The van der Waals surface area contributed by atoms with E-state index in [2.05, 4.69) is 57.0 Å². The van der Waals surface area contributed by atoms with Crippen molar-refractivity contribution in [1.29, 1.82) is 0 Å². The summed E-state index contributed by atoms with van der Waals surface area (Å²) in [4.78, 5) is 44.4. The number of nitrogens with one attached hydrogen (secondary N) is 4. The number of aryl methyl sites for hydroxylation is 2. The van der Waals surface area contributed by atoms with Crippen molar-refractivity contribution < 1.29 is 9.59 Å². The fourth-order valence-corrected chi connectivity index (χ4v) is 8.16. The fraction of sp³-hybridized carbons (Fsp3) is 0.472. The molecular formula is C36H47N5O3S. The summed E-state index contributed by atoms with van der Waals surface area (Å²) in [7, 11) is 1.90. The summed E-state index contributed by atoms with van der Waals surface area (Å²) in [5.41, 5.74) is 8.01. The number of carbonyl (C=O) groups excluding carboxylic acids is 2. The topological polar surface area (TPSA) is 106 Å². The molecule has 3 heterocycles. The molecule has 2 aliphatic heterocycles. The standard InChI is InChI=1S/C36H47N5O3S/c1-6-41(28-9-15-45-16-10-28)33-20-27(26-7-8-31(32(19-26)37-5)36(22-42)11-13-38-14-12-36)18-29(25(33)4)34(43)39-21-30-23(2)17-24(3)40-35(30)44/h7-8,17-20,22,28,37-38H,6,9-16,21H2,1-5H3,(H,39,43)(H,40,44). The van der Waals surface area contributed by atoms with Crippen LogP contribution in [0.15, 0.2) is 41.2 Å². The molecule has 0 bridgehead atoms. The zero-order valence-electron chi connectivity index (χ0n) is 27.3. The number of H-pyrrole nitrogens is 1. The van der Waals surface area contributed by atoms with Crippen LogP contribution in [0.2, 0.25) is 0 Å². The Morgan fingerprint density at radius 1 is 1.07 bits per heavy atom. The molecule has 0 aliphatic carbocycles. The molecule has 0 spiro atoms. The number of aromatic nitrogens is 1. The van der Waals surface area contributed by atoms with E-state index in [1.54, 1.807) is 0 Å². The van der Waals surface area contributed by atoms with Gasteiger partial charge in [-0.15, -0.1) is 0 Å². The van der Waals surface area contributed by atoms with E-state index in [0.29, 0.717) is 17.2 Å². The van der Waals surface area contributed by atoms with Crippen LogP contribution in [0.5, 0.6) is 0 Å². The predicted octanol–water partition coefficient (Wildman–Crippen LogP) is 5.48. The van der Waals surface area contributed by atoms with Gasteiger partial charge in [0.2, 0.25) is 0 Å². The van der Waals surface area contributed by atoms with Crippen LogP contribution in [0.3, 0.4) is 0 Å². The molecule has 2 fully saturated rings. The minimum Gasteiger partial charge on any atom is -0.388 e. The molecule has 9 heteroatoms. The second-order valence-electron chi connectivity index (χ2n) is 12.5. The molecule has 4 N–H and O–H groups in total. The van der Waals surface area contributed by atoms with E-state index in [1.807, 2.05) is 51.7 Å². The second kappa shape index (κ2) is 14.3. The summed E-state index contributed by atoms with van der Waals surface area (Å²) < 4.78 is 0. The predicted molar refractivity (Wildman–Crippen MR) is 187 cm³/mol. The number of aldehydes is 1. The van der Waals surface area contributed by atoms with E-state index < -0.39 is 5.41 Å². The molecule has 0 radical (unpaired) electrons. The second-order valence-corrected chi connectivity index (χ2v) is 13.7. The molecular weight excluding hydrogens is 582 g/mol. The Balaban J connectivity index is 1.57. The van der Waals surface area contributed by atoms with Crippen molar-refractivity contribution in [3.8, 4) is 11.1 Å². The molecule has 3 aromatic rings. The molecule has 2 aliphatic rings. The van der Waals surface area contributed by atoms with E-state index in [9.17, 15) is 14.4 Å². The summed E-state index contributed by atoms with van der Waals surface area (Å²) in [6.07, 6.45) is 4.87. The van der Waals surface area contributed by atoms with Crippen molar-refractivity contribution >= 4 is 35.3 Å². The lowest BCUT2D eigenvalue weighted by molar-refractivity contribution is -0.113. The lowest BCUT2D eigenvalue weighted by atomic mass is 9.73. The van der Waals surface area contributed by atoms with Crippen molar-refractivity contribution in [3.63, 3.8) is 0 Å². The van der Waals surface area contributed by atoms with Gasteiger partial charge in [-0.25, -0.2) is 0 Å². The van der Waals surface area contributed by atoms with E-state index in [1.165, 1.54) is 0 Å². The Labute approximate surface area is 271 Å². The fourth-order valence-electron chi connectivity index (χ4n) is 7.08. The van der Waals surface area contributed by atoms with Gasteiger partial charge in [-0.2, -0.15) is 11.8 Å². The monoisotopic (exact) mass is 629 g/mol. The SMILES string of the molecule is CCN(c1cc(-c2ccc(C3(C=O)CCNCC3)c(NC)c2)cc(C(=O)NCc2c(C)cc(C)[nH]c2=O)c1C)C1CCSCC1. The highest BCUT2D eigenvalue weighted by Crippen LogP contribution is 2.40. The number of amides is 1. The summed E-state index contributed by atoms with van der Waals surface area (Å²) in [5, 5.41) is 9.79. The molecule has 2 saturated heterocycles. The summed E-state index contributed by atoms with van der Waals surface area (Å²) >= 11 is 2.01. The third-order valence-electron chi connectivity index (χ3n) is 9.71. The summed E-state index contributed by atoms with van der Waals surface area (Å²) in [6, 6.07) is 12.8. The van der Waals surface area contributed by atoms with Gasteiger partial charge in [0.25, 0.3) is 11.5 Å². The minimum absolute atomic E-state index is 0.151. The molecule has 240 valence electrons. The molecule has 8 nitrogen and oxygen atoms in total. The molecule has 0 atom stereocenters. The zero-order chi connectivity index (χ0) is 32.1. The van der Waals surface area contributed by atoms with Gasteiger partial charge in [0.15, 0.2) is 0 Å². The first-order valence-electron chi connectivity index (χ1n) is 16.2. The van der Waals surface area contributed by atoms with Gasteiger partial charge in [-0.1, -0.05) is 12.1 Å². The highest BCUT2D eigenvalue weighted by Gasteiger charge is 2.35. The van der Waals surface area contributed by atoms with Crippen molar-refractivity contribution in [3.05, 3.63) is 80.3 Å². The van der Waals surface area contributed by atoms with Gasteiger partial charge in [-0.3, -0.25) is 9.59 Å². The first-order valence-corrected chi connectivity index (χ1v) is 17.3. The number of hydrogen-bond donors (Lipinski definition) is 4. The average molecular weight is 630 g/mol. The number of pyridine rings is 1. The van der Waals surface area contributed by atoms with Crippen LogP contribution in [0.25, 0.3) is 11.1 Å². The third kappa shape index (κ3) is 6.84. The van der Waals surface area contributed by atoms with Crippen molar-refractivity contribution in [2.75, 3.05) is 48.4 Å². The Morgan fingerprint density at radius 2 is 1.80 bits per heavy atom. The maximum absolute atomic E-state index is 13.9. The molecule has 0 unspecified atom stereocenters. The molecule has 1 amide bonds.